The van der Waals surface area contributed by atoms with Gasteiger partial charge in [0.2, 0.25) is 0 Å². The summed E-state index contributed by atoms with van der Waals surface area (Å²) in [6.45, 7) is 4.73. The van der Waals surface area contributed by atoms with Crippen molar-refractivity contribution in [1.82, 2.24) is 20.1 Å². The molecule has 2 aromatic rings. The van der Waals surface area contributed by atoms with Crippen molar-refractivity contribution >= 4 is 29.7 Å². The van der Waals surface area contributed by atoms with Gasteiger partial charge in [-0.2, -0.15) is 5.10 Å². The lowest BCUT2D eigenvalue weighted by atomic mass is 10.2. The van der Waals surface area contributed by atoms with E-state index in [9.17, 15) is 9.18 Å². The Balaban J connectivity index is 2.04. The van der Waals surface area contributed by atoms with Gasteiger partial charge in [-0.3, -0.25) is 9.89 Å². The van der Waals surface area contributed by atoms with Crippen molar-refractivity contribution < 1.29 is 9.18 Å². The number of benzene rings is 1. The smallest absolute Gasteiger partial charge is 0.255 e. The van der Waals surface area contributed by atoms with Gasteiger partial charge >= 0.3 is 0 Å². The van der Waals surface area contributed by atoms with Crippen LogP contribution in [0.3, 0.4) is 0 Å². The lowest BCUT2D eigenvalue weighted by molar-refractivity contribution is 0.0948. The van der Waals surface area contributed by atoms with Gasteiger partial charge < -0.3 is 9.88 Å². The normalized spacial score (nSPS) is 11.0. The number of H-pyrrole nitrogens is 1. The number of nitrogens with one attached hydrogen (secondary N) is 2. The third kappa shape index (κ3) is 3.53. The number of halogens is 2. The van der Waals surface area contributed by atoms with Crippen LogP contribution >= 0.6 is 23.8 Å². The maximum atomic E-state index is 13.7. The van der Waals surface area contributed by atoms with E-state index in [-0.39, 0.29) is 23.0 Å². The lowest BCUT2D eigenvalue weighted by Crippen LogP contribution is -2.28. The fraction of sp³-hybridized carbons (Fsp3) is 0.357. The summed E-state index contributed by atoms with van der Waals surface area (Å²) in [5.74, 6) is -0.190. The second-order valence-corrected chi connectivity index (χ2v) is 5.84. The minimum absolute atomic E-state index is 0.0836. The van der Waals surface area contributed by atoms with E-state index >= 15 is 0 Å². The largest absolute Gasteiger partial charge is 0.350 e. The average molecular weight is 343 g/mol. The van der Waals surface area contributed by atoms with Gasteiger partial charge in [0, 0.05) is 19.0 Å². The number of carbonyl (C=O) groups excluding carboxylic acids is 1. The molecule has 0 bridgehead atoms. The number of aromatic nitrogens is 3. The minimum atomic E-state index is -0.646. The predicted molar refractivity (Wildman–Crippen MR) is 85.2 cm³/mol. The van der Waals surface area contributed by atoms with Crippen LogP contribution in [0.2, 0.25) is 5.02 Å². The van der Waals surface area contributed by atoms with Crippen LogP contribution in [0.4, 0.5) is 4.39 Å². The Hall–Kier alpha value is -1.73. The van der Waals surface area contributed by atoms with Crippen LogP contribution in [0, 0.1) is 10.6 Å². The highest BCUT2D eigenvalue weighted by atomic mass is 35.5. The van der Waals surface area contributed by atoms with Crippen molar-refractivity contribution in [3.63, 3.8) is 0 Å². The van der Waals surface area contributed by atoms with Crippen LogP contribution in [-0.2, 0) is 6.54 Å². The molecule has 2 rings (SSSR count). The van der Waals surface area contributed by atoms with Crippen molar-refractivity contribution in [3.8, 4) is 0 Å². The predicted octanol–water partition coefficient (Wildman–Crippen LogP) is 3.29. The van der Waals surface area contributed by atoms with E-state index in [1.54, 1.807) is 0 Å². The first-order valence-corrected chi connectivity index (χ1v) is 7.57. The zero-order valence-electron chi connectivity index (χ0n) is 12.2. The Morgan fingerprint density at radius 2 is 2.27 bits per heavy atom. The van der Waals surface area contributed by atoms with Crippen LogP contribution in [0.25, 0.3) is 0 Å². The van der Waals surface area contributed by atoms with E-state index in [1.807, 2.05) is 18.4 Å². The molecule has 0 spiro atoms. The zero-order chi connectivity index (χ0) is 16.3. The van der Waals surface area contributed by atoms with Gasteiger partial charge in [0.1, 0.15) is 11.6 Å². The maximum absolute atomic E-state index is 13.7. The lowest BCUT2D eigenvalue weighted by Gasteiger charge is -2.11. The van der Waals surface area contributed by atoms with Crippen molar-refractivity contribution in [2.75, 3.05) is 6.54 Å². The molecule has 0 radical (unpaired) electrons. The van der Waals surface area contributed by atoms with Gasteiger partial charge in [0.25, 0.3) is 5.91 Å². The van der Waals surface area contributed by atoms with Crippen LogP contribution in [0.15, 0.2) is 18.2 Å². The topological polar surface area (TPSA) is 62.7 Å². The van der Waals surface area contributed by atoms with E-state index in [4.69, 9.17) is 23.8 Å². The van der Waals surface area contributed by atoms with Gasteiger partial charge in [0.15, 0.2) is 4.77 Å². The van der Waals surface area contributed by atoms with E-state index in [0.717, 1.165) is 5.82 Å². The van der Waals surface area contributed by atoms with Crippen LogP contribution in [-0.4, -0.2) is 27.2 Å². The molecular weight excluding hydrogens is 327 g/mol. The summed E-state index contributed by atoms with van der Waals surface area (Å²) in [5.41, 5.74) is -0.149. The molecule has 22 heavy (non-hydrogen) atoms. The fourth-order valence-electron chi connectivity index (χ4n) is 2.07. The fourth-order valence-corrected chi connectivity index (χ4v) is 2.55. The van der Waals surface area contributed by atoms with Crippen molar-refractivity contribution in [3.05, 3.63) is 45.2 Å². The highest BCUT2D eigenvalue weighted by Gasteiger charge is 2.16. The van der Waals surface area contributed by atoms with E-state index in [2.05, 4.69) is 15.5 Å². The summed E-state index contributed by atoms with van der Waals surface area (Å²) < 4.78 is 16.0. The van der Waals surface area contributed by atoms with E-state index in [1.165, 1.54) is 18.2 Å². The first kappa shape index (κ1) is 16.6. The number of nitrogens with zero attached hydrogens (tertiary/aromatic N) is 2. The van der Waals surface area contributed by atoms with Gasteiger partial charge in [-0.25, -0.2) is 4.39 Å². The summed E-state index contributed by atoms with van der Waals surface area (Å²) in [6.07, 6.45) is 0. The quantitative estimate of drug-likeness (QED) is 0.820. The zero-order valence-corrected chi connectivity index (χ0v) is 13.8. The molecule has 1 amide bonds. The Labute approximate surface area is 137 Å². The molecule has 0 aliphatic rings. The second-order valence-electron chi connectivity index (χ2n) is 5.05. The molecule has 0 saturated heterocycles. The molecule has 0 unspecified atom stereocenters. The summed E-state index contributed by atoms with van der Waals surface area (Å²) in [4.78, 5) is 12.0. The summed E-state index contributed by atoms with van der Waals surface area (Å²) >= 11 is 11.0. The van der Waals surface area contributed by atoms with Crippen molar-refractivity contribution in [2.45, 2.75) is 26.3 Å². The molecule has 118 valence electrons. The van der Waals surface area contributed by atoms with E-state index in [0.29, 0.717) is 11.3 Å². The molecule has 0 atom stereocenters. The van der Waals surface area contributed by atoms with Gasteiger partial charge in [0.05, 0.1) is 10.6 Å². The molecule has 0 fully saturated rings. The van der Waals surface area contributed by atoms with Crippen molar-refractivity contribution in [2.24, 2.45) is 0 Å². The highest BCUT2D eigenvalue weighted by Crippen LogP contribution is 2.18. The Morgan fingerprint density at radius 1 is 1.55 bits per heavy atom. The molecule has 8 heteroatoms. The molecule has 1 heterocycles. The third-order valence-corrected chi connectivity index (χ3v) is 3.74. The summed E-state index contributed by atoms with van der Waals surface area (Å²) in [5, 5.41) is 9.60. The number of rotatable bonds is 5. The van der Waals surface area contributed by atoms with Crippen LogP contribution < -0.4 is 5.32 Å². The maximum Gasteiger partial charge on any atom is 0.255 e. The first-order valence-electron chi connectivity index (χ1n) is 6.79. The molecule has 2 N–H and O–H groups in total. The molecule has 1 aromatic carbocycles. The summed E-state index contributed by atoms with van der Waals surface area (Å²) in [6, 6.07) is 4.13. The summed E-state index contributed by atoms with van der Waals surface area (Å²) in [7, 11) is 0. The molecule has 0 aliphatic carbocycles. The molecular formula is C14H16ClFN4OS. The van der Waals surface area contributed by atoms with Crippen LogP contribution in [0.5, 0.6) is 0 Å². The molecule has 5 nitrogen and oxygen atoms in total. The third-order valence-electron chi connectivity index (χ3n) is 3.11. The monoisotopic (exact) mass is 342 g/mol. The van der Waals surface area contributed by atoms with Gasteiger partial charge in [-0.05, 0) is 24.4 Å². The minimum Gasteiger partial charge on any atom is -0.350 e. The number of amides is 1. The second kappa shape index (κ2) is 7.02. The SMILES string of the molecule is CC(C)c1n[nH]c(=S)n1CCNC(=O)c1c(F)cccc1Cl. The van der Waals surface area contributed by atoms with Crippen molar-refractivity contribution in [1.29, 1.82) is 0 Å². The highest BCUT2D eigenvalue weighted by molar-refractivity contribution is 7.71. The molecule has 0 saturated carbocycles. The Bertz CT molecular complexity index is 720. The van der Waals surface area contributed by atoms with E-state index < -0.39 is 11.7 Å². The molecule has 1 aromatic heterocycles. The van der Waals surface area contributed by atoms with Gasteiger partial charge in [-0.1, -0.05) is 31.5 Å². The number of hydrogen-bond donors (Lipinski definition) is 2. The number of carbonyl (C=O) groups is 1. The number of aromatic amines is 1. The first-order chi connectivity index (χ1) is 10.4. The van der Waals surface area contributed by atoms with Crippen LogP contribution in [0.1, 0.15) is 35.9 Å². The Morgan fingerprint density at radius 3 is 2.91 bits per heavy atom. The average Bonchev–Trinajstić information content (AvgIpc) is 2.80. The van der Waals surface area contributed by atoms with Gasteiger partial charge in [-0.15, -0.1) is 0 Å². The number of hydrogen-bond acceptors (Lipinski definition) is 3. The standard InChI is InChI=1S/C14H16ClFN4OS/c1-8(2)12-18-19-14(22)20(12)7-6-17-13(21)11-9(15)4-3-5-10(11)16/h3-5,8H,6-7H2,1-2H3,(H,17,21)(H,19,22). The Kier molecular flexibility index (Phi) is 5.31. The molecule has 0 aliphatic heterocycles.